The Kier molecular flexibility index (Phi) is 5.60. The SMILES string of the molecule is Cc1nn(CC(=O)NCC(C(C)C)C(C)C)c(C)c1N. The number of amides is 1. The van der Waals surface area contributed by atoms with Crippen molar-refractivity contribution in [3.63, 3.8) is 0 Å². The van der Waals surface area contributed by atoms with E-state index >= 15 is 0 Å². The van der Waals surface area contributed by atoms with Gasteiger partial charge in [0.1, 0.15) is 6.54 Å². The minimum atomic E-state index is -0.0121. The number of aromatic nitrogens is 2. The Morgan fingerprint density at radius 3 is 2.20 bits per heavy atom. The minimum absolute atomic E-state index is 0.0121. The van der Waals surface area contributed by atoms with Gasteiger partial charge in [-0.15, -0.1) is 0 Å². The molecule has 1 heterocycles. The van der Waals surface area contributed by atoms with Crippen molar-refractivity contribution in [1.29, 1.82) is 0 Å². The molecule has 0 saturated carbocycles. The molecule has 0 aromatic carbocycles. The molecule has 0 radical (unpaired) electrons. The maximum atomic E-state index is 12.0. The molecule has 1 aromatic rings. The van der Waals surface area contributed by atoms with E-state index in [1.807, 2.05) is 13.8 Å². The van der Waals surface area contributed by atoms with E-state index in [4.69, 9.17) is 5.73 Å². The Balaban J connectivity index is 2.58. The minimum Gasteiger partial charge on any atom is -0.396 e. The van der Waals surface area contributed by atoms with Crippen LogP contribution in [0.3, 0.4) is 0 Å². The maximum absolute atomic E-state index is 12.0. The first kappa shape index (κ1) is 16.5. The van der Waals surface area contributed by atoms with Crippen LogP contribution < -0.4 is 11.1 Å². The van der Waals surface area contributed by atoms with Gasteiger partial charge in [-0.25, -0.2) is 0 Å². The Morgan fingerprint density at radius 1 is 1.25 bits per heavy atom. The van der Waals surface area contributed by atoms with E-state index < -0.39 is 0 Å². The summed E-state index contributed by atoms with van der Waals surface area (Å²) in [5.41, 5.74) is 8.16. The Morgan fingerprint density at radius 2 is 1.80 bits per heavy atom. The van der Waals surface area contributed by atoms with E-state index in [1.54, 1.807) is 4.68 Å². The number of carbonyl (C=O) groups is 1. The first-order valence-corrected chi connectivity index (χ1v) is 7.30. The van der Waals surface area contributed by atoms with Gasteiger partial charge in [-0.3, -0.25) is 9.48 Å². The summed E-state index contributed by atoms with van der Waals surface area (Å²) in [6.07, 6.45) is 0. The highest BCUT2D eigenvalue weighted by atomic mass is 16.2. The van der Waals surface area contributed by atoms with Crippen molar-refractivity contribution in [1.82, 2.24) is 15.1 Å². The van der Waals surface area contributed by atoms with E-state index in [-0.39, 0.29) is 12.5 Å². The van der Waals surface area contributed by atoms with Crippen molar-refractivity contribution in [2.24, 2.45) is 17.8 Å². The van der Waals surface area contributed by atoms with Gasteiger partial charge in [0.05, 0.1) is 17.1 Å². The second kappa shape index (κ2) is 6.77. The molecular weight excluding hydrogens is 252 g/mol. The molecule has 114 valence electrons. The van der Waals surface area contributed by atoms with Gasteiger partial charge in [0.2, 0.25) is 5.91 Å². The number of aryl methyl sites for hydroxylation is 1. The molecule has 5 heteroatoms. The van der Waals surface area contributed by atoms with Crippen molar-refractivity contribution < 1.29 is 4.79 Å². The number of anilines is 1. The highest BCUT2D eigenvalue weighted by Crippen LogP contribution is 2.19. The molecule has 1 amide bonds. The van der Waals surface area contributed by atoms with E-state index in [9.17, 15) is 4.79 Å². The van der Waals surface area contributed by atoms with Gasteiger partial charge in [0, 0.05) is 6.54 Å². The fourth-order valence-corrected chi connectivity index (χ4v) is 2.53. The molecule has 0 atom stereocenters. The Hall–Kier alpha value is -1.52. The third-order valence-corrected chi connectivity index (χ3v) is 3.98. The fraction of sp³-hybridized carbons (Fsp3) is 0.733. The number of carbonyl (C=O) groups excluding carboxylic acids is 1. The molecular formula is C15H28N4O. The predicted octanol–water partition coefficient (Wildman–Crippen LogP) is 2.13. The molecule has 0 spiro atoms. The van der Waals surface area contributed by atoms with Crippen LogP contribution in [0.5, 0.6) is 0 Å². The Labute approximate surface area is 121 Å². The van der Waals surface area contributed by atoms with Crippen LogP contribution in [-0.2, 0) is 11.3 Å². The molecule has 0 saturated heterocycles. The van der Waals surface area contributed by atoms with Crippen molar-refractivity contribution >= 4 is 11.6 Å². The van der Waals surface area contributed by atoms with Crippen molar-refractivity contribution in [2.75, 3.05) is 12.3 Å². The van der Waals surface area contributed by atoms with Gasteiger partial charge in [-0.1, -0.05) is 27.7 Å². The van der Waals surface area contributed by atoms with Crippen LogP contribution in [-0.4, -0.2) is 22.2 Å². The van der Waals surface area contributed by atoms with Crippen LogP contribution >= 0.6 is 0 Å². The lowest BCUT2D eigenvalue weighted by molar-refractivity contribution is -0.122. The second-order valence-corrected chi connectivity index (χ2v) is 6.20. The molecule has 0 unspecified atom stereocenters. The van der Waals surface area contributed by atoms with E-state index in [0.717, 1.165) is 11.4 Å². The molecule has 0 aliphatic heterocycles. The summed E-state index contributed by atoms with van der Waals surface area (Å²) in [7, 11) is 0. The smallest absolute Gasteiger partial charge is 0.241 e. The van der Waals surface area contributed by atoms with Gasteiger partial charge in [0.25, 0.3) is 0 Å². The summed E-state index contributed by atoms with van der Waals surface area (Å²) < 4.78 is 1.67. The summed E-state index contributed by atoms with van der Waals surface area (Å²) in [6, 6.07) is 0. The van der Waals surface area contributed by atoms with E-state index in [2.05, 4.69) is 38.1 Å². The molecule has 0 aliphatic carbocycles. The topological polar surface area (TPSA) is 72.9 Å². The van der Waals surface area contributed by atoms with Crippen molar-refractivity contribution in [3.05, 3.63) is 11.4 Å². The quantitative estimate of drug-likeness (QED) is 0.838. The molecule has 1 aromatic heterocycles. The summed E-state index contributed by atoms with van der Waals surface area (Å²) in [5, 5.41) is 7.29. The van der Waals surface area contributed by atoms with Gasteiger partial charge >= 0.3 is 0 Å². The highest BCUT2D eigenvalue weighted by Gasteiger charge is 2.18. The zero-order valence-corrected chi connectivity index (χ0v) is 13.5. The van der Waals surface area contributed by atoms with Crippen molar-refractivity contribution in [2.45, 2.75) is 48.1 Å². The van der Waals surface area contributed by atoms with Crippen molar-refractivity contribution in [3.8, 4) is 0 Å². The lowest BCUT2D eigenvalue weighted by Gasteiger charge is -2.25. The second-order valence-electron chi connectivity index (χ2n) is 6.20. The predicted molar refractivity (Wildman–Crippen MR) is 82.3 cm³/mol. The molecule has 5 nitrogen and oxygen atoms in total. The lowest BCUT2D eigenvalue weighted by atomic mass is 9.85. The third-order valence-electron chi connectivity index (χ3n) is 3.98. The van der Waals surface area contributed by atoms with Gasteiger partial charge in [-0.2, -0.15) is 5.10 Å². The average molecular weight is 280 g/mol. The van der Waals surface area contributed by atoms with Crippen LogP contribution in [0.1, 0.15) is 39.1 Å². The first-order valence-electron chi connectivity index (χ1n) is 7.30. The Bertz CT molecular complexity index is 455. The summed E-state index contributed by atoms with van der Waals surface area (Å²) in [4.78, 5) is 12.0. The highest BCUT2D eigenvalue weighted by molar-refractivity contribution is 5.75. The zero-order chi connectivity index (χ0) is 15.4. The monoisotopic (exact) mass is 280 g/mol. The number of nitrogens with two attached hydrogens (primary N) is 1. The summed E-state index contributed by atoms with van der Waals surface area (Å²) in [5.74, 6) is 1.59. The molecule has 0 fully saturated rings. The van der Waals surface area contributed by atoms with Gasteiger partial charge < -0.3 is 11.1 Å². The fourth-order valence-electron chi connectivity index (χ4n) is 2.53. The van der Waals surface area contributed by atoms with Gasteiger partial charge in [0.15, 0.2) is 0 Å². The number of nitrogens with zero attached hydrogens (tertiary/aromatic N) is 2. The van der Waals surface area contributed by atoms with Crippen LogP contribution in [0, 0.1) is 31.6 Å². The zero-order valence-electron chi connectivity index (χ0n) is 13.5. The number of hydrogen-bond donors (Lipinski definition) is 2. The average Bonchev–Trinajstić information content (AvgIpc) is 2.56. The third kappa shape index (κ3) is 3.99. The first-order chi connectivity index (χ1) is 9.23. The van der Waals surface area contributed by atoms with E-state index in [0.29, 0.717) is 30.0 Å². The molecule has 0 aliphatic rings. The number of nitrogens with one attached hydrogen (secondary N) is 1. The largest absolute Gasteiger partial charge is 0.396 e. The van der Waals surface area contributed by atoms with Crippen LogP contribution in [0.4, 0.5) is 5.69 Å². The maximum Gasteiger partial charge on any atom is 0.241 e. The number of rotatable bonds is 6. The number of hydrogen-bond acceptors (Lipinski definition) is 3. The standard InChI is InChI=1S/C15H28N4O/c1-9(2)13(10(3)4)7-17-14(20)8-19-12(6)15(16)11(5)18-19/h9-10,13H,7-8,16H2,1-6H3,(H,17,20). The van der Waals surface area contributed by atoms with Crippen LogP contribution in [0.15, 0.2) is 0 Å². The summed E-state index contributed by atoms with van der Waals surface area (Å²) in [6.45, 7) is 13.4. The number of nitrogen functional groups attached to an aromatic ring is 1. The molecule has 0 bridgehead atoms. The lowest BCUT2D eigenvalue weighted by Crippen LogP contribution is -2.36. The molecule has 3 N–H and O–H groups in total. The molecule has 20 heavy (non-hydrogen) atoms. The normalized spacial score (nSPS) is 11.7. The van der Waals surface area contributed by atoms with Crippen LogP contribution in [0.25, 0.3) is 0 Å². The summed E-state index contributed by atoms with van der Waals surface area (Å²) >= 11 is 0. The van der Waals surface area contributed by atoms with Crippen LogP contribution in [0.2, 0.25) is 0 Å². The molecule has 1 rings (SSSR count). The van der Waals surface area contributed by atoms with E-state index in [1.165, 1.54) is 0 Å². The van der Waals surface area contributed by atoms with Gasteiger partial charge in [-0.05, 0) is 31.6 Å².